The molecule has 1 amide bonds. The van der Waals surface area contributed by atoms with Crippen LogP contribution in [0.5, 0.6) is 0 Å². The number of rotatable bonds is 5. The molecular formula is C17H29NO3. The minimum absolute atomic E-state index is 0.149. The maximum Gasteiger partial charge on any atom is 0.308 e. The number of carboxylic acid groups (broad SMARTS) is 1. The van der Waals surface area contributed by atoms with E-state index in [1.165, 1.54) is 32.1 Å². The molecule has 1 saturated heterocycles. The Hall–Kier alpha value is -1.06. The average Bonchev–Trinajstić information content (AvgIpc) is 2.53. The van der Waals surface area contributed by atoms with Crippen molar-refractivity contribution >= 4 is 11.9 Å². The molecule has 1 N–H and O–H groups in total. The average molecular weight is 295 g/mol. The first-order chi connectivity index (χ1) is 10.1. The van der Waals surface area contributed by atoms with Crippen LogP contribution in [0.1, 0.15) is 64.7 Å². The summed E-state index contributed by atoms with van der Waals surface area (Å²) in [5.41, 5.74) is 0. The molecule has 0 spiro atoms. The second-order valence-corrected chi connectivity index (χ2v) is 6.82. The quantitative estimate of drug-likeness (QED) is 0.846. The molecule has 21 heavy (non-hydrogen) atoms. The van der Waals surface area contributed by atoms with Crippen LogP contribution in [0, 0.1) is 17.8 Å². The zero-order chi connectivity index (χ0) is 15.2. The molecule has 2 aliphatic rings. The fourth-order valence-corrected chi connectivity index (χ4v) is 3.83. The summed E-state index contributed by atoms with van der Waals surface area (Å²) in [7, 11) is 0. The second-order valence-electron chi connectivity index (χ2n) is 6.82. The lowest BCUT2D eigenvalue weighted by Crippen LogP contribution is -2.45. The Morgan fingerprint density at radius 3 is 2.43 bits per heavy atom. The Morgan fingerprint density at radius 1 is 1.10 bits per heavy atom. The van der Waals surface area contributed by atoms with E-state index in [1.54, 1.807) is 0 Å². The fourth-order valence-electron chi connectivity index (χ4n) is 3.83. The van der Waals surface area contributed by atoms with Gasteiger partial charge in [-0.1, -0.05) is 26.2 Å². The summed E-state index contributed by atoms with van der Waals surface area (Å²) in [5, 5.41) is 9.13. The van der Waals surface area contributed by atoms with E-state index in [0.717, 1.165) is 31.7 Å². The zero-order valence-corrected chi connectivity index (χ0v) is 13.2. The smallest absolute Gasteiger partial charge is 0.308 e. The van der Waals surface area contributed by atoms with Crippen LogP contribution in [0.3, 0.4) is 0 Å². The summed E-state index contributed by atoms with van der Waals surface area (Å²) >= 11 is 0. The van der Waals surface area contributed by atoms with Crippen molar-refractivity contribution in [3.8, 4) is 0 Å². The van der Waals surface area contributed by atoms with Crippen molar-refractivity contribution < 1.29 is 14.7 Å². The SMILES string of the molecule is CCCCC1CCC(C(=O)N2CCCC(C(=O)O)C2)CC1. The van der Waals surface area contributed by atoms with Gasteiger partial charge < -0.3 is 10.0 Å². The molecule has 1 atom stereocenters. The third-order valence-corrected chi connectivity index (χ3v) is 5.24. The van der Waals surface area contributed by atoms with E-state index in [9.17, 15) is 9.59 Å². The van der Waals surface area contributed by atoms with Gasteiger partial charge in [-0.25, -0.2) is 0 Å². The van der Waals surface area contributed by atoms with E-state index in [1.807, 2.05) is 4.90 Å². The maximum absolute atomic E-state index is 12.6. The third-order valence-electron chi connectivity index (χ3n) is 5.24. The highest BCUT2D eigenvalue weighted by Gasteiger charge is 2.33. The number of piperidine rings is 1. The van der Waals surface area contributed by atoms with E-state index >= 15 is 0 Å². The van der Waals surface area contributed by atoms with Crippen molar-refractivity contribution in [3.05, 3.63) is 0 Å². The summed E-state index contributed by atoms with van der Waals surface area (Å²) < 4.78 is 0. The minimum Gasteiger partial charge on any atom is -0.481 e. The van der Waals surface area contributed by atoms with Crippen LogP contribution in [0.15, 0.2) is 0 Å². The lowest BCUT2D eigenvalue weighted by molar-refractivity contribution is -0.147. The molecule has 0 aromatic heterocycles. The lowest BCUT2D eigenvalue weighted by atomic mass is 9.79. The number of carbonyl (C=O) groups is 2. The highest BCUT2D eigenvalue weighted by molar-refractivity contribution is 5.80. The molecule has 1 heterocycles. The third kappa shape index (κ3) is 4.45. The standard InChI is InChI=1S/C17H29NO3/c1-2-3-5-13-7-9-14(10-8-13)16(19)18-11-4-6-15(12-18)17(20)21/h13-15H,2-12H2,1H3,(H,20,21). The first-order valence-corrected chi connectivity index (χ1v) is 8.63. The van der Waals surface area contributed by atoms with Gasteiger partial charge in [-0.3, -0.25) is 9.59 Å². The first-order valence-electron chi connectivity index (χ1n) is 8.63. The number of likely N-dealkylation sites (tertiary alicyclic amines) is 1. The molecule has 2 rings (SSSR count). The Balaban J connectivity index is 1.80. The Bertz CT molecular complexity index is 361. The van der Waals surface area contributed by atoms with Gasteiger partial charge in [0.1, 0.15) is 0 Å². The molecule has 1 aliphatic heterocycles. The topological polar surface area (TPSA) is 57.6 Å². The number of carbonyl (C=O) groups excluding carboxylic acids is 1. The predicted molar refractivity (Wildman–Crippen MR) is 81.9 cm³/mol. The Morgan fingerprint density at radius 2 is 1.81 bits per heavy atom. The highest BCUT2D eigenvalue weighted by atomic mass is 16.4. The van der Waals surface area contributed by atoms with Crippen molar-refractivity contribution in [2.75, 3.05) is 13.1 Å². The number of unbranched alkanes of at least 4 members (excludes halogenated alkanes) is 1. The molecule has 1 aliphatic carbocycles. The summed E-state index contributed by atoms with van der Waals surface area (Å²) in [5.74, 6) is 0.0619. The zero-order valence-electron chi connectivity index (χ0n) is 13.2. The van der Waals surface area contributed by atoms with E-state index in [4.69, 9.17) is 5.11 Å². The van der Waals surface area contributed by atoms with E-state index < -0.39 is 5.97 Å². The highest BCUT2D eigenvalue weighted by Crippen LogP contribution is 2.33. The fraction of sp³-hybridized carbons (Fsp3) is 0.882. The van der Waals surface area contributed by atoms with E-state index in [0.29, 0.717) is 13.0 Å². The van der Waals surface area contributed by atoms with Gasteiger partial charge in [0, 0.05) is 19.0 Å². The van der Waals surface area contributed by atoms with Crippen molar-refractivity contribution in [2.45, 2.75) is 64.7 Å². The van der Waals surface area contributed by atoms with Gasteiger partial charge in [-0.15, -0.1) is 0 Å². The second kappa shape index (κ2) is 7.81. The van der Waals surface area contributed by atoms with Gasteiger partial charge in [-0.2, -0.15) is 0 Å². The normalized spacial score (nSPS) is 30.1. The lowest BCUT2D eigenvalue weighted by Gasteiger charge is -2.35. The molecule has 1 unspecified atom stereocenters. The van der Waals surface area contributed by atoms with Crippen molar-refractivity contribution in [3.63, 3.8) is 0 Å². The van der Waals surface area contributed by atoms with Crippen LogP contribution in [-0.4, -0.2) is 35.0 Å². The molecule has 0 aromatic rings. The monoisotopic (exact) mass is 295 g/mol. The summed E-state index contributed by atoms with van der Waals surface area (Å²) in [6.07, 6.45) is 9.75. The van der Waals surface area contributed by atoms with Gasteiger partial charge >= 0.3 is 5.97 Å². The van der Waals surface area contributed by atoms with Crippen LogP contribution < -0.4 is 0 Å². The molecule has 4 nitrogen and oxygen atoms in total. The predicted octanol–water partition coefficient (Wildman–Crippen LogP) is 3.31. The molecular weight excluding hydrogens is 266 g/mol. The molecule has 0 bridgehead atoms. The van der Waals surface area contributed by atoms with Crippen molar-refractivity contribution in [2.24, 2.45) is 17.8 Å². The molecule has 0 aromatic carbocycles. The number of nitrogens with zero attached hydrogens (tertiary/aromatic N) is 1. The summed E-state index contributed by atoms with van der Waals surface area (Å²) in [6.45, 7) is 3.40. The summed E-state index contributed by atoms with van der Waals surface area (Å²) in [4.78, 5) is 25.5. The van der Waals surface area contributed by atoms with Gasteiger partial charge in [0.25, 0.3) is 0 Å². The number of amides is 1. The van der Waals surface area contributed by atoms with E-state index in [-0.39, 0.29) is 17.7 Å². The van der Waals surface area contributed by atoms with E-state index in [2.05, 4.69) is 6.92 Å². The van der Waals surface area contributed by atoms with Gasteiger partial charge in [-0.05, 0) is 44.4 Å². The van der Waals surface area contributed by atoms with Crippen LogP contribution in [0.4, 0.5) is 0 Å². The van der Waals surface area contributed by atoms with Crippen LogP contribution in [0.2, 0.25) is 0 Å². The Kier molecular flexibility index (Phi) is 6.07. The molecule has 1 saturated carbocycles. The first kappa shape index (κ1) is 16.3. The number of hydrogen-bond acceptors (Lipinski definition) is 2. The van der Waals surface area contributed by atoms with Gasteiger partial charge in [0.05, 0.1) is 5.92 Å². The molecule has 4 heteroatoms. The van der Waals surface area contributed by atoms with Crippen LogP contribution in [-0.2, 0) is 9.59 Å². The van der Waals surface area contributed by atoms with Gasteiger partial charge in [0.15, 0.2) is 0 Å². The molecule has 2 fully saturated rings. The van der Waals surface area contributed by atoms with Crippen molar-refractivity contribution in [1.82, 2.24) is 4.90 Å². The number of aliphatic carboxylic acids is 1. The minimum atomic E-state index is -0.754. The number of carboxylic acids is 1. The van der Waals surface area contributed by atoms with Gasteiger partial charge in [0.2, 0.25) is 5.91 Å². The van der Waals surface area contributed by atoms with Crippen molar-refractivity contribution in [1.29, 1.82) is 0 Å². The van der Waals surface area contributed by atoms with Crippen LogP contribution in [0.25, 0.3) is 0 Å². The largest absolute Gasteiger partial charge is 0.481 e. The number of hydrogen-bond donors (Lipinski definition) is 1. The van der Waals surface area contributed by atoms with Crippen LogP contribution >= 0.6 is 0 Å². The molecule has 120 valence electrons. The maximum atomic E-state index is 12.6. The Labute approximate surface area is 127 Å². The molecule has 0 radical (unpaired) electrons. The summed E-state index contributed by atoms with van der Waals surface area (Å²) in [6, 6.07) is 0.